The number of benzene rings is 4. The number of nitriles is 2. The van der Waals surface area contributed by atoms with E-state index < -0.39 is 95.7 Å². The molecule has 0 aliphatic carbocycles. The number of urea groups is 2. The fourth-order valence-corrected chi connectivity index (χ4v) is 10.8. The molecule has 6 amide bonds. The van der Waals surface area contributed by atoms with Crippen LogP contribution in [0.1, 0.15) is 99.8 Å². The van der Waals surface area contributed by atoms with Crippen LogP contribution in [0.2, 0.25) is 0 Å². The molecule has 0 unspecified atom stereocenters. The van der Waals surface area contributed by atoms with E-state index in [1.807, 2.05) is 26.2 Å². The van der Waals surface area contributed by atoms with Crippen molar-refractivity contribution in [2.45, 2.75) is 90.0 Å². The Hall–Kier alpha value is -8.70. The third-order valence-electron chi connectivity index (χ3n) is 14.3. The van der Waals surface area contributed by atoms with Crippen LogP contribution in [0.5, 0.6) is 0 Å². The van der Waals surface area contributed by atoms with Gasteiger partial charge in [-0.25, -0.2) is 9.59 Å². The predicted octanol–water partition coefficient (Wildman–Crippen LogP) is 9.87. The summed E-state index contributed by atoms with van der Waals surface area (Å²) in [5.74, 6) is -2.76. The van der Waals surface area contributed by atoms with Crippen LogP contribution in [-0.2, 0) is 41.0 Å². The first-order valence-electron chi connectivity index (χ1n) is 26.7. The second-order valence-electron chi connectivity index (χ2n) is 23.3. The van der Waals surface area contributed by atoms with Crippen molar-refractivity contribution in [3.63, 3.8) is 0 Å². The predicted molar refractivity (Wildman–Crippen MR) is 290 cm³/mol. The Morgan fingerprint density at radius 2 is 0.916 bits per heavy atom. The van der Waals surface area contributed by atoms with Crippen LogP contribution in [-0.4, -0.2) is 138 Å². The van der Waals surface area contributed by atoms with E-state index in [0.29, 0.717) is 41.5 Å². The SMILES string of the molecule is CC(C)(C)OC(=O)CN1C(=O)N(c2cccc(C(F)(F)F)c2)C2=C(C(=O)N(CCC[N+](C)(C)CCCN3CC4=C(C3=O)[C@@H](c3ccc(C#N)cc3)N(CC(=O)OC(C)(C)C)C(=O)N4c3cccc(C(F)(F)F)c3)C2)[C@H]1c1ccc(C#N)cc1. The Labute approximate surface area is 476 Å². The Bertz CT molecular complexity index is 3160. The summed E-state index contributed by atoms with van der Waals surface area (Å²) in [6.07, 6.45) is -8.86. The van der Waals surface area contributed by atoms with Crippen LogP contribution in [0.15, 0.2) is 120 Å². The zero-order valence-electron chi connectivity index (χ0n) is 47.0. The smallest absolute Gasteiger partial charge is 0.416 e. The van der Waals surface area contributed by atoms with Gasteiger partial charge in [0, 0.05) is 25.9 Å². The highest BCUT2D eigenvalue weighted by atomic mass is 19.4. The molecule has 23 heteroatoms. The van der Waals surface area contributed by atoms with E-state index in [9.17, 15) is 65.6 Å². The summed E-state index contributed by atoms with van der Waals surface area (Å²) in [6.45, 7) is 9.09. The molecular formula is C60H62F6N9O8+. The van der Waals surface area contributed by atoms with Gasteiger partial charge in [0.15, 0.2) is 0 Å². The lowest BCUT2D eigenvalue weighted by atomic mass is 9.92. The van der Waals surface area contributed by atoms with Gasteiger partial charge in [0.05, 0.1) is 121 Å². The average Bonchev–Trinajstić information content (AvgIpc) is 2.16. The molecule has 4 aliphatic heterocycles. The van der Waals surface area contributed by atoms with Crippen LogP contribution in [0.3, 0.4) is 0 Å². The molecule has 0 fully saturated rings. The van der Waals surface area contributed by atoms with Crippen molar-refractivity contribution in [1.29, 1.82) is 10.5 Å². The quantitative estimate of drug-likeness (QED) is 0.0594. The van der Waals surface area contributed by atoms with E-state index in [0.717, 1.165) is 56.0 Å². The number of anilines is 2. The Morgan fingerprint density at radius 3 is 1.23 bits per heavy atom. The topological polar surface area (TPSA) is 188 Å². The monoisotopic (exact) mass is 1150 g/mol. The van der Waals surface area contributed by atoms with Crippen molar-refractivity contribution in [3.05, 3.63) is 153 Å². The molecule has 8 rings (SSSR count). The summed E-state index contributed by atoms with van der Waals surface area (Å²) in [5.41, 5.74) is -2.92. The fourth-order valence-electron chi connectivity index (χ4n) is 10.8. The van der Waals surface area contributed by atoms with Gasteiger partial charge in [0.1, 0.15) is 24.3 Å². The molecule has 4 aliphatic rings. The first-order chi connectivity index (χ1) is 38.8. The third kappa shape index (κ3) is 13.3. The zero-order chi connectivity index (χ0) is 60.7. The Kier molecular flexibility index (Phi) is 16.7. The molecule has 0 N–H and O–H groups in total. The lowest BCUT2D eigenvalue weighted by molar-refractivity contribution is -0.890. The number of rotatable bonds is 16. The minimum absolute atomic E-state index is 0.0401. The first-order valence-corrected chi connectivity index (χ1v) is 26.7. The van der Waals surface area contributed by atoms with Gasteiger partial charge in [-0.2, -0.15) is 36.9 Å². The summed E-state index contributed by atoms with van der Waals surface area (Å²) in [6, 6.07) is 20.1. The zero-order valence-corrected chi connectivity index (χ0v) is 47.0. The number of hydrogen-bond acceptors (Lipinski definition) is 10. The lowest BCUT2D eigenvalue weighted by Crippen LogP contribution is -2.52. The normalized spacial score (nSPS) is 18.0. The maximum absolute atomic E-state index is 14.9. The molecule has 4 heterocycles. The minimum atomic E-state index is -4.80. The standard InChI is InChI=1S/C60H62F6N9O8/c1-57(2,3)82-47(76)35-71-51(39-21-17-37(31-67)18-22-39)49-45(73(55(71)80)43-15-9-13-41(29-43)59(61,62)63)33-69(53(49)78)25-11-27-75(7,8)28-12-26-70-34-46-50(54(70)79)52(40-23-19-38(32-68)20-24-40)72(36-48(77)83-58(4,5)6)56(81)74(46)44-16-10-14-42(30-44)60(64,65)66/h9-10,13-24,29-30,51-52H,11-12,25-28,33-36H2,1-8H3/q+1/t51-,52-/m1/s1. The van der Waals surface area contributed by atoms with Crippen LogP contribution in [0.25, 0.3) is 0 Å². The van der Waals surface area contributed by atoms with E-state index in [2.05, 4.69) is 0 Å². The number of alkyl halides is 6. The minimum Gasteiger partial charge on any atom is -0.459 e. The second-order valence-corrected chi connectivity index (χ2v) is 23.3. The van der Waals surface area contributed by atoms with E-state index >= 15 is 0 Å². The Balaban J connectivity index is 1.03. The average molecular weight is 1150 g/mol. The van der Waals surface area contributed by atoms with Crippen molar-refractivity contribution < 1.29 is 69.1 Å². The van der Waals surface area contributed by atoms with Crippen molar-refractivity contribution >= 4 is 47.2 Å². The highest BCUT2D eigenvalue weighted by Crippen LogP contribution is 2.47. The molecule has 0 aromatic heterocycles. The lowest BCUT2D eigenvalue weighted by Gasteiger charge is -2.41. The number of ether oxygens (including phenoxy) is 2. The van der Waals surface area contributed by atoms with Gasteiger partial charge < -0.3 is 33.6 Å². The summed E-state index contributed by atoms with van der Waals surface area (Å²) in [4.78, 5) is 93.7. The van der Waals surface area contributed by atoms with Crippen molar-refractivity contribution in [1.82, 2.24) is 19.6 Å². The van der Waals surface area contributed by atoms with E-state index in [-0.39, 0.29) is 71.2 Å². The van der Waals surface area contributed by atoms with Gasteiger partial charge in [-0.05, 0) is 113 Å². The van der Waals surface area contributed by atoms with E-state index in [1.54, 1.807) is 65.8 Å². The molecular weight excluding hydrogens is 1090 g/mol. The van der Waals surface area contributed by atoms with Crippen molar-refractivity contribution in [2.75, 3.05) is 76.3 Å². The highest BCUT2D eigenvalue weighted by molar-refractivity contribution is 6.09. The molecule has 4 aromatic carbocycles. The molecule has 4 aromatic rings. The van der Waals surface area contributed by atoms with Crippen molar-refractivity contribution in [2.24, 2.45) is 0 Å². The van der Waals surface area contributed by atoms with Crippen molar-refractivity contribution in [3.8, 4) is 12.1 Å². The maximum Gasteiger partial charge on any atom is 0.416 e. The van der Waals surface area contributed by atoms with Gasteiger partial charge in [-0.3, -0.25) is 29.0 Å². The van der Waals surface area contributed by atoms with Crippen LogP contribution >= 0.6 is 0 Å². The van der Waals surface area contributed by atoms with Gasteiger partial charge in [0.2, 0.25) is 0 Å². The molecule has 17 nitrogen and oxygen atoms in total. The van der Waals surface area contributed by atoms with Crippen LogP contribution < -0.4 is 9.80 Å². The first kappa shape index (κ1) is 60.4. The van der Waals surface area contributed by atoms with Gasteiger partial charge in [-0.1, -0.05) is 36.4 Å². The summed E-state index contributed by atoms with van der Waals surface area (Å²) >= 11 is 0. The second kappa shape index (κ2) is 22.9. The molecule has 2 atom stereocenters. The fraction of sp³-hybridized carbons (Fsp3) is 0.400. The molecule has 0 radical (unpaired) electrons. The van der Waals surface area contributed by atoms with Gasteiger partial charge >= 0.3 is 36.4 Å². The van der Waals surface area contributed by atoms with Gasteiger partial charge in [0.25, 0.3) is 11.8 Å². The molecule has 0 bridgehead atoms. The number of amides is 6. The van der Waals surface area contributed by atoms with Gasteiger partial charge in [-0.15, -0.1) is 0 Å². The van der Waals surface area contributed by atoms with Crippen LogP contribution in [0, 0.1) is 22.7 Å². The molecule has 0 saturated carbocycles. The molecule has 436 valence electrons. The Morgan fingerprint density at radius 1 is 0.566 bits per heavy atom. The number of quaternary nitrogens is 1. The molecule has 0 spiro atoms. The van der Waals surface area contributed by atoms with E-state index in [1.165, 1.54) is 46.2 Å². The number of nitrogens with zero attached hydrogens (tertiary/aromatic N) is 9. The molecule has 83 heavy (non-hydrogen) atoms. The number of halogens is 6. The largest absolute Gasteiger partial charge is 0.459 e. The summed E-state index contributed by atoms with van der Waals surface area (Å²) in [5, 5.41) is 19.2. The number of carbonyl (C=O) groups is 6. The summed E-state index contributed by atoms with van der Waals surface area (Å²) in [7, 11) is 3.86. The van der Waals surface area contributed by atoms with E-state index in [4.69, 9.17) is 9.47 Å². The number of esters is 2. The molecule has 0 saturated heterocycles. The summed E-state index contributed by atoms with van der Waals surface area (Å²) < 4.78 is 96.7. The third-order valence-corrected chi connectivity index (χ3v) is 14.3. The number of hydrogen-bond donors (Lipinski definition) is 0. The maximum atomic E-state index is 14.9. The highest BCUT2D eigenvalue weighted by Gasteiger charge is 2.52. The van der Waals surface area contributed by atoms with Crippen LogP contribution in [0.4, 0.5) is 47.3 Å². The number of carbonyl (C=O) groups excluding carboxylic acids is 6.